The molecule has 142 valence electrons. The summed E-state index contributed by atoms with van der Waals surface area (Å²) in [5.74, 6) is -1.84. The van der Waals surface area contributed by atoms with Crippen molar-refractivity contribution in [1.29, 1.82) is 0 Å². The second-order valence-electron chi connectivity index (χ2n) is 6.05. The van der Waals surface area contributed by atoms with Crippen molar-refractivity contribution >= 4 is 28.6 Å². The second-order valence-corrected chi connectivity index (χ2v) is 6.05. The summed E-state index contributed by atoms with van der Waals surface area (Å²) >= 11 is 0. The van der Waals surface area contributed by atoms with Gasteiger partial charge < -0.3 is 14.8 Å². The molecule has 0 aliphatic carbocycles. The standard InChI is InChI=1S/C22H19NO5/c1-27-22(26)20(16-8-3-2-4-9-16)28-19(24)14-23-21(25)18-12-11-15-7-5-6-10-17(15)13-18/h2-13,20H,14H2,1H3,(H,23,25). The largest absolute Gasteiger partial charge is 0.466 e. The van der Waals surface area contributed by atoms with Crippen molar-refractivity contribution in [2.75, 3.05) is 13.7 Å². The van der Waals surface area contributed by atoms with Gasteiger partial charge in [0.25, 0.3) is 5.91 Å². The summed E-state index contributed by atoms with van der Waals surface area (Å²) in [6.07, 6.45) is -1.18. The van der Waals surface area contributed by atoms with Crippen LogP contribution in [0.5, 0.6) is 0 Å². The Morgan fingerprint density at radius 1 is 0.893 bits per heavy atom. The first kappa shape index (κ1) is 19.1. The smallest absolute Gasteiger partial charge is 0.351 e. The van der Waals surface area contributed by atoms with E-state index >= 15 is 0 Å². The molecule has 0 spiro atoms. The van der Waals surface area contributed by atoms with Crippen LogP contribution in [0.2, 0.25) is 0 Å². The number of nitrogens with one attached hydrogen (secondary N) is 1. The molecule has 6 nitrogen and oxygen atoms in total. The van der Waals surface area contributed by atoms with Gasteiger partial charge >= 0.3 is 11.9 Å². The highest BCUT2D eigenvalue weighted by Crippen LogP contribution is 2.19. The van der Waals surface area contributed by atoms with Crippen LogP contribution in [0.15, 0.2) is 72.8 Å². The Morgan fingerprint density at radius 3 is 2.29 bits per heavy atom. The van der Waals surface area contributed by atoms with E-state index in [9.17, 15) is 14.4 Å². The highest BCUT2D eigenvalue weighted by Gasteiger charge is 2.25. The molecule has 3 aromatic carbocycles. The lowest BCUT2D eigenvalue weighted by atomic mass is 10.1. The van der Waals surface area contributed by atoms with Crippen LogP contribution in [0, 0.1) is 0 Å². The molecule has 1 atom stereocenters. The van der Waals surface area contributed by atoms with Crippen molar-refractivity contribution in [2.24, 2.45) is 0 Å². The average Bonchev–Trinajstić information content (AvgIpc) is 2.75. The first-order chi connectivity index (χ1) is 13.6. The third-order valence-corrected chi connectivity index (χ3v) is 4.17. The summed E-state index contributed by atoms with van der Waals surface area (Å²) in [5.41, 5.74) is 0.919. The molecule has 0 radical (unpaired) electrons. The van der Waals surface area contributed by atoms with Crippen molar-refractivity contribution in [1.82, 2.24) is 5.32 Å². The van der Waals surface area contributed by atoms with E-state index in [1.807, 2.05) is 30.3 Å². The Kier molecular flexibility index (Phi) is 6.01. The first-order valence-corrected chi connectivity index (χ1v) is 8.68. The highest BCUT2D eigenvalue weighted by atomic mass is 16.6. The Balaban J connectivity index is 1.63. The Hall–Kier alpha value is -3.67. The zero-order valence-corrected chi connectivity index (χ0v) is 15.3. The van der Waals surface area contributed by atoms with E-state index in [-0.39, 0.29) is 6.54 Å². The zero-order valence-electron chi connectivity index (χ0n) is 15.3. The molecular formula is C22H19NO5. The fourth-order valence-corrected chi connectivity index (χ4v) is 2.75. The average molecular weight is 377 g/mol. The van der Waals surface area contributed by atoms with E-state index < -0.39 is 23.9 Å². The number of methoxy groups -OCH3 is 1. The van der Waals surface area contributed by atoms with Crippen LogP contribution in [0.1, 0.15) is 22.0 Å². The fourth-order valence-electron chi connectivity index (χ4n) is 2.75. The van der Waals surface area contributed by atoms with Crippen LogP contribution in [-0.4, -0.2) is 31.5 Å². The Labute approximate surface area is 162 Å². The quantitative estimate of drug-likeness (QED) is 0.668. The van der Waals surface area contributed by atoms with Gasteiger partial charge in [-0.2, -0.15) is 0 Å². The van der Waals surface area contributed by atoms with E-state index in [0.29, 0.717) is 11.1 Å². The maximum absolute atomic E-state index is 12.3. The number of hydrogen-bond acceptors (Lipinski definition) is 5. The van der Waals surface area contributed by atoms with E-state index in [4.69, 9.17) is 9.47 Å². The van der Waals surface area contributed by atoms with E-state index in [1.54, 1.807) is 42.5 Å². The van der Waals surface area contributed by atoms with Gasteiger partial charge in [-0.05, 0) is 22.9 Å². The summed E-state index contributed by atoms with van der Waals surface area (Å²) in [6, 6.07) is 21.5. The lowest BCUT2D eigenvalue weighted by Crippen LogP contribution is -2.32. The molecule has 0 bridgehead atoms. The lowest BCUT2D eigenvalue weighted by Gasteiger charge is -2.16. The van der Waals surface area contributed by atoms with Crippen molar-refractivity contribution in [3.05, 3.63) is 83.9 Å². The molecule has 0 saturated heterocycles. The summed E-state index contributed by atoms with van der Waals surface area (Å²) in [6.45, 7) is -0.369. The normalized spacial score (nSPS) is 11.5. The minimum atomic E-state index is -1.18. The second kappa shape index (κ2) is 8.81. The Morgan fingerprint density at radius 2 is 1.57 bits per heavy atom. The van der Waals surface area contributed by atoms with Gasteiger partial charge in [0.05, 0.1) is 7.11 Å². The molecule has 1 amide bonds. The molecule has 6 heteroatoms. The molecule has 28 heavy (non-hydrogen) atoms. The fraction of sp³-hybridized carbons (Fsp3) is 0.136. The van der Waals surface area contributed by atoms with Gasteiger partial charge in [-0.1, -0.05) is 60.7 Å². The van der Waals surface area contributed by atoms with Crippen LogP contribution in [0.3, 0.4) is 0 Å². The van der Waals surface area contributed by atoms with Crippen molar-refractivity contribution in [2.45, 2.75) is 6.10 Å². The summed E-state index contributed by atoms with van der Waals surface area (Å²) in [7, 11) is 1.22. The minimum absolute atomic E-state index is 0.369. The lowest BCUT2D eigenvalue weighted by molar-refractivity contribution is -0.166. The molecule has 1 unspecified atom stereocenters. The molecule has 0 saturated carbocycles. The van der Waals surface area contributed by atoms with Crippen LogP contribution in [0.4, 0.5) is 0 Å². The zero-order chi connectivity index (χ0) is 19.9. The van der Waals surface area contributed by atoms with E-state index in [2.05, 4.69) is 5.32 Å². The number of fused-ring (bicyclic) bond motifs is 1. The van der Waals surface area contributed by atoms with Gasteiger partial charge in [-0.25, -0.2) is 4.79 Å². The van der Waals surface area contributed by atoms with Crippen molar-refractivity contribution in [3.8, 4) is 0 Å². The third-order valence-electron chi connectivity index (χ3n) is 4.17. The van der Waals surface area contributed by atoms with Gasteiger partial charge in [-0.15, -0.1) is 0 Å². The molecule has 0 fully saturated rings. The van der Waals surface area contributed by atoms with Crippen molar-refractivity contribution < 1.29 is 23.9 Å². The highest BCUT2D eigenvalue weighted by molar-refractivity contribution is 5.99. The monoisotopic (exact) mass is 377 g/mol. The minimum Gasteiger partial charge on any atom is -0.466 e. The Bertz CT molecular complexity index is 1000. The number of carbonyl (C=O) groups is 3. The van der Waals surface area contributed by atoms with Gasteiger partial charge in [0, 0.05) is 11.1 Å². The van der Waals surface area contributed by atoms with Crippen LogP contribution < -0.4 is 5.32 Å². The molecule has 1 N–H and O–H groups in total. The molecule has 0 aromatic heterocycles. The molecule has 0 aliphatic rings. The number of hydrogen-bond donors (Lipinski definition) is 1. The first-order valence-electron chi connectivity index (χ1n) is 8.68. The van der Waals surface area contributed by atoms with Gasteiger partial charge in [0.15, 0.2) is 0 Å². The topological polar surface area (TPSA) is 81.7 Å². The van der Waals surface area contributed by atoms with Crippen LogP contribution >= 0.6 is 0 Å². The molecule has 3 rings (SSSR count). The molecular weight excluding hydrogens is 358 g/mol. The van der Waals surface area contributed by atoms with Gasteiger partial charge in [0.1, 0.15) is 6.54 Å². The molecule has 0 aliphatic heterocycles. The third kappa shape index (κ3) is 4.54. The predicted octanol–water partition coefficient (Wildman–Crippen LogP) is 3.03. The van der Waals surface area contributed by atoms with Crippen LogP contribution in [-0.2, 0) is 19.1 Å². The number of benzene rings is 3. The maximum atomic E-state index is 12.3. The van der Waals surface area contributed by atoms with E-state index in [1.165, 1.54) is 7.11 Å². The number of esters is 2. The summed E-state index contributed by atoms with van der Waals surface area (Å²) < 4.78 is 9.92. The number of rotatable bonds is 6. The number of ether oxygens (including phenoxy) is 2. The summed E-state index contributed by atoms with van der Waals surface area (Å²) in [4.78, 5) is 36.4. The SMILES string of the molecule is COC(=O)C(OC(=O)CNC(=O)c1ccc2ccccc2c1)c1ccccc1. The maximum Gasteiger partial charge on any atom is 0.351 e. The predicted molar refractivity (Wildman–Crippen MR) is 104 cm³/mol. The van der Waals surface area contributed by atoms with Crippen molar-refractivity contribution in [3.63, 3.8) is 0 Å². The van der Waals surface area contributed by atoms with Gasteiger partial charge in [-0.3, -0.25) is 9.59 Å². The van der Waals surface area contributed by atoms with E-state index in [0.717, 1.165) is 10.8 Å². The van der Waals surface area contributed by atoms with Gasteiger partial charge in [0.2, 0.25) is 6.10 Å². The number of amides is 1. The molecule has 0 heterocycles. The molecule has 3 aromatic rings. The van der Waals surface area contributed by atoms with Crippen LogP contribution in [0.25, 0.3) is 10.8 Å². The number of carbonyl (C=O) groups excluding carboxylic acids is 3. The summed E-state index contributed by atoms with van der Waals surface area (Å²) in [5, 5.41) is 4.45.